The molecule has 1 saturated carbocycles. The minimum Gasteiger partial charge on any atom is -0.303 e. The first kappa shape index (κ1) is 16.8. The van der Waals surface area contributed by atoms with E-state index < -0.39 is 0 Å². The molecule has 2 aliphatic rings. The van der Waals surface area contributed by atoms with Gasteiger partial charge in [-0.1, -0.05) is 42.8 Å². The normalized spacial score (nSPS) is 17.5. The standard InChI is InChI=1S/C9H17N.C6H6.C4H6/c1-2-6-10(7-3-1)8-9-4-5-9;1-2-4-6-5-3-1;1-3-4-2/h9H,1-8H2;1-6H;1-2H3. The van der Waals surface area contributed by atoms with Gasteiger partial charge in [0.05, 0.1) is 0 Å². The Morgan fingerprint density at radius 1 is 0.800 bits per heavy atom. The van der Waals surface area contributed by atoms with Crippen LogP contribution in [0.3, 0.4) is 0 Å². The number of hydrogen-bond acceptors (Lipinski definition) is 1. The Bertz CT molecular complexity index is 331. The van der Waals surface area contributed by atoms with Crippen molar-refractivity contribution in [2.75, 3.05) is 19.6 Å². The van der Waals surface area contributed by atoms with Crippen LogP contribution in [0.25, 0.3) is 0 Å². The Labute approximate surface area is 125 Å². The summed E-state index contributed by atoms with van der Waals surface area (Å²) in [6.07, 6.45) is 7.40. The molecular formula is C19H29N. The lowest BCUT2D eigenvalue weighted by Crippen LogP contribution is -2.31. The van der Waals surface area contributed by atoms with Crippen LogP contribution in [0.4, 0.5) is 0 Å². The number of hydrogen-bond donors (Lipinski definition) is 0. The van der Waals surface area contributed by atoms with E-state index in [1.165, 1.54) is 51.7 Å². The molecule has 1 nitrogen and oxygen atoms in total. The summed E-state index contributed by atoms with van der Waals surface area (Å²) >= 11 is 0. The largest absolute Gasteiger partial charge is 0.303 e. The molecule has 1 saturated heterocycles. The van der Waals surface area contributed by atoms with E-state index in [9.17, 15) is 0 Å². The maximum atomic E-state index is 2.68. The van der Waals surface area contributed by atoms with Gasteiger partial charge in [-0.25, -0.2) is 0 Å². The number of likely N-dealkylation sites (tertiary alicyclic amines) is 1. The molecule has 0 N–H and O–H groups in total. The molecule has 1 heterocycles. The van der Waals surface area contributed by atoms with Crippen LogP contribution in [-0.2, 0) is 0 Å². The second kappa shape index (κ2) is 11.6. The van der Waals surface area contributed by atoms with Crippen LogP contribution in [0.15, 0.2) is 36.4 Å². The first-order valence-corrected chi connectivity index (χ1v) is 7.92. The van der Waals surface area contributed by atoms with Crippen LogP contribution in [0.1, 0.15) is 46.0 Å². The SMILES string of the molecule is C1CCN(CC2CC2)CC1.CC#CC.c1ccccc1. The second-order valence-electron chi connectivity index (χ2n) is 5.46. The van der Waals surface area contributed by atoms with Crippen molar-refractivity contribution in [3.63, 3.8) is 0 Å². The smallest absolute Gasteiger partial charge is 0.000966 e. The molecule has 1 heteroatoms. The van der Waals surface area contributed by atoms with Crippen LogP contribution in [0, 0.1) is 17.8 Å². The lowest BCUT2D eigenvalue weighted by atomic mass is 10.1. The van der Waals surface area contributed by atoms with Crippen molar-refractivity contribution in [3.05, 3.63) is 36.4 Å². The molecule has 0 aromatic heterocycles. The fourth-order valence-electron chi connectivity index (χ4n) is 2.19. The summed E-state index contributed by atoms with van der Waals surface area (Å²) in [4.78, 5) is 2.65. The molecule has 1 aliphatic heterocycles. The first-order valence-electron chi connectivity index (χ1n) is 7.92. The lowest BCUT2D eigenvalue weighted by molar-refractivity contribution is 0.220. The highest BCUT2D eigenvalue weighted by atomic mass is 15.1. The van der Waals surface area contributed by atoms with Crippen molar-refractivity contribution < 1.29 is 0 Å². The van der Waals surface area contributed by atoms with Gasteiger partial charge in [-0.3, -0.25) is 0 Å². The number of benzene rings is 1. The first-order chi connectivity index (χ1) is 9.86. The number of piperidine rings is 1. The van der Waals surface area contributed by atoms with Gasteiger partial charge < -0.3 is 4.90 Å². The van der Waals surface area contributed by atoms with E-state index in [1.807, 2.05) is 50.2 Å². The van der Waals surface area contributed by atoms with E-state index in [-0.39, 0.29) is 0 Å². The summed E-state index contributed by atoms with van der Waals surface area (Å²) < 4.78 is 0. The van der Waals surface area contributed by atoms with Gasteiger partial charge in [0.25, 0.3) is 0 Å². The molecule has 0 spiro atoms. The predicted molar refractivity (Wildman–Crippen MR) is 88.6 cm³/mol. The van der Waals surface area contributed by atoms with Crippen molar-refractivity contribution in [1.82, 2.24) is 4.90 Å². The summed E-state index contributed by atoms with van der Waals surface area (Å²) in [6, 6.07) is 12.0. The zero-order valence-corrected chi connectivity index (χ0v) is 13.1. The summed E-state index contributed by atoms with van der Waals surface area (Å²) in [5.41, 5.74) is 0. The third kappa shape index (κ3) is 9.64. The van der Waals surface area contributed by atoms with Crippen molar-refractivity contribution in [1.29, 1.82) is 0 Å². The maximum Gasteiger partial charge on any atom is 0.000966 e. The van der Waals surface area contributed by atoms with Gasteiger partial charge in [-0.15, -0.1) is 11.8 Å². The maximum absolute atomic E-state index is 2.68. The monoisotopic (exact) mass is 271 g/mol. The minimum absolute atomic E-state index is 1.10. The molecule has 2 fully saturated rings. The van der Waals surface area contributed by atoms with Gasteiger partial charge in [0.1, 0.15) is 0 Å². The van der Waals surface area contributed by atoms with Gasteiger partial charge in [0.15, 0.2) is 0 Å². The van der Waals surface area contributed by atoms with Gasteiger partial charge in [0, 0.05) is 6.54 Å². The predicted octanol–water partition coefficient (Wildman–Crippen LogP) is 4.60. The lowest BCUT2D eigenvalue weighted by Gasteiger charge is -2.26. The quantitative estimate of drug-likeness (QED) is 0.711. The third-order valence-electron chi connectivity index (χ3n) is 3.58. The van der Waals surface area contributed by atoms with Crippen LogP contribution in [0.2, 0.25) is 0 Å². The highest BCUT2D eigenvalue weighted by Gasteiger charge is 2.24. The van der Waals surface area contributed by atoms with E-state index >= 15 is 0 Å². The fraction of sp³-hybridized carbons (Fsp3) is 0.579. The van der Waals surface area contributed by atoms with Crippen LogP contribution in [0.5, 0.6) is 0 Å². The van der Waals surface area contributed by atoms with Crippen LogP contribution in [-0.4, -0.2) is 24.5 Å². The molecule has 1 aromatic carbocycles. The fourth-order valence-corrected chi connectivity index (χ4v) is 2.19. The Morgan fingerprint density at radius 2 is 1.25 bits per heavy atom. The molecule has 3 rings (SSSR count). The molecule has 1 aromatic rings. The summed E-state index contributed by atoms with van der Waals surface area (Å²) in [5.74, 6) is 6.46. The van der Waals surface area contributed by atoms with Gasteiger partial charge in [-0.05, 0) is 58.5 Å². The third-order valence-corrected chi connectivity index (χ3v) is 3.58. The van der Waals surface area contributed by atoms with E-state index in [0.717, 1.165) is 5.92 Å². The van der Waals surface area contributed by atoms with E-state index in [2.05, 4.69) is 16.7 Å². The summed E-state index contributed by atoms with van der Waals surface area (Å²) in [6.45, 7) is 7.83. The zero-order valence-electron chi connectivity index (χ0n) is 13.1. The zero-order chi connectivity index (χ0) is 14.5. The molecule has 0 unspecified atom stereocenters. The number of rotatable bonds is 2. The molecule has 0 bridgehead atoms. The molecule has 0 radical (unpaired) electrons. The van der Waals surface area contributed by atoms with Crippen molar-refractivity contribution in [2.24, 2.45) is 5.92 Å². The van der Waals surface area contributed by atoms with E-state index in [1.54, 1.807) is 0 Å². The average Bonchev–Trinajstić information content (AvgIpc) is 3.35. The molecular weight excluding hydrogens is 242 g/mol. The van der Waals surface area contributed by atoms with Crippen molar-refractivity contribution >= 4 is 0 Å². The second-order valence-corrected chi connectivity index (χ2v) is 5.46. The van der Waals surface area contributed by atoms with Crippen LogP contribution >= 0.6 is 0 Å². The Kier molecular flexibility index (Phi) is 9.70. The topological polar surface area (TPSA) is 3.24 Å². The minimum atomic E-state index is 1.10. The number of nitrogens with zero attached hydrogens (tertiary/aromatic N) is 1. The molecule has 1 aliphatic carbocycles. The van der Waals surface area contributed by atoms with Gasteiger partial charge in [-0.2, -0.15) is 0 Å². The Balaban J connectivity index is 0.000000172. The molecule has 110 valence electrons. The van der Waals surface area contributed by atoms with E-state index in [4.69, 9.17) is 0 Å². The van der Waals surface area contributed by atoms with Crippen molar-refractivity contribution in [2.45, 2.75) is 46.0 Å². The summed E-state index contributed by atoms with van der Waals surface area (Å²) in [5, 5.41) is 0. The summed E-state index contributed by atoms with van der Waals surface area (Å²) in [7, 11) is 0. The Morgan fingerprint density at radius 3 is 1.60 bits per heavy atom. The Hall–Kier alpha value is -1.26. The van der Waals surface area contributed by atoms with Gasteiger partial charge in [0.2, 0.25) is 0 Å². The van der Waals surface area contributed by atoms with Gasteiger partial charge >= 0.3 is 0 Å². The molecule has 0 atom stereocenters. The van der Waals surface area contributed by atoms with Crippen molar-refractivity contribution in [3.8, 4) is 11.8 Å². The molecule has 0 amide bonds. The highest BCUT2D eigenvalue weighted by molar-refractivity contribution is 4.99. The van der Waals surface area contributed by atoms with E-state index in [0.29, 0.717) is 0 Å². The van der Waals surface area contributed by atoms with Crippen LogP contribution < -0.4 is 0 Å². The highest BCUT2D eigenvalue weighted by Crippen LogP contribution is 2.30. The average molecular weight is 271 g/mol. The molecule has 20 heavy (non-hydrogen) atoms.